The molecule has 14 heavy (non-hydrogen) atoms. The van der Waals surface area contributed by atoms with Crippen molar-refractivity contribution in [3.63, 3.8) is 0 Å². The van der Waals surface area contributed by atoms with Crippen molar-refractivity contribution in [2.75, 3.05) is 0 Å². The molecule has 0 aromatic rings. The first-order chi connectivity index (χ1) is 6.45. The van der Waals surface area contributed by atoms with Crippen molar-refractivity contribution in [1.82, 2.24) is 0 Å². The highest BCUT2D eigenvalue weighted by Crippen LogP contribution is 2.42. The Morgan fingerprint density at radius 1 is 1.36 bits per heavy atom. The molecule has 74 valence electrons. The van der Waals surface area contributed by atoms with Crippen molar-refractivity contribution >= 4 is 6.29 Å². The van der Waals surface area contributed by atoms with Gasteiger partial charge in [-0.2, -0.15) is 18.4 Å². The highest BCUT2D eigenvalue weighted by Gasteiger charge is 2.52. The maximum absolute atomic E-state index is 12.4. The lowest BCUT2D eigenvalue weighted by atomic mass is 9.82. The van der Waals surface area contributed by atoms with Gasteiger partial charge >= 0.3 is 6.18 Å². The zero-order chi connectivity index (χ0) is 10.8. The first kappa shape index (κ1) is 10.5. The van der Waals surface area contributed by atoms with Gasteiger partial charge in [0, 0.05) is 0 Å². The highest BCUT2D eigenvalue weighted by molar-refractivity contribution is 5.61. The molecule has 0 radical (unpaired) electrons. The zero-order valence-electron chi connectivity index (χ0n) is 6.95. The molecule has 2 nitrogen and oxygen atoms in total. The minimum atomic E-state index is -4.65. The Hall–Kier alpha value is -1.57. The van der Waals surface area contributed by atoms with E-state index in [2.05, 4.69) is 0 Å². The van der Waals surface area contributed by atoms with Crippen LogP contribution in [0, 0.1) is 22.7 Å². The summed E-state index contributed by atoms with van der Waals surface area (Å²) in [5, 5.41) is 8.48. The van der Waals surface area contributed by atoms with E-state index in [1.165, 1.54) is 6.07 Å². The lowest BCUT2D eigenvalue weighted by Crippen LogP contribution is -2.34. The van der Waals surface area contributed by atoms with E-state index in [9.17, 15) is 18.0 Å². The summed E-state index contributed by atoms with van der Waals surface area (Å²) in [4.78, 5) is 10.2. The third-order valence-corrected chi connectivity index (χ3v) is 1.97. The molecule has 5 heteroatoms. The number of halogens is 3. The predicted molar refractivity (Wildman–Crippen MR) is 41.9 cm³/mol. The van der Waals surface area contributed by atoms with Crippen LogP contribution < -0.4 is 0 Å². The Morgan fingerprint density at radius 3 is 2.14 bits per heavy atom. The second-order valence-corrected chi connectivity index (χ2v) is 2.91. The molecule has 0 aliphatic heterocycles. The van der Waals surface area contributed by atoms with E-state index in [1.807, 2.05) is 0 Å². The van der Waals surface area contributed by atoms with Crippen LogP contribution in [0.1, 0.15) is 0 Å². The van der Waals surface area contributed by atoms with E-state index in [0.29, 0.717) is 18.4 Å². The molecule has 0 amide bonds. The third-order valence-electron chi connectivity index (χ3n) is 1.97. The van der Waals surface area contributed by atoms with Gasteiger partial charge in [0.25, 0.3) is 0 Å². The van der Waals surface area contributed by atoms with Crippen LogP contribution in [0.2, 0.25) is 0 Å². The second-order valence-electron chi connectivity index (χ2n) is 2.91. The first-order valence-electron chi connectivity index (χ1n) is 3.77. The molecule has 0 saturated heterocycles. The average molecular weight is 201 g/mol. The molecule has 0 aromatic heterocycles. The second kappa shape index (κ2) is 3.29. The van der Waals surface area contributed by atoms with Crippen LogP contribution in [0.15, 0.2) is 24.3 Å². The van der Waals surface area contributed by atoms with Gasteiger partial charge in [-0.3, -0.25) is 0 Å². The molecule has 1 rings (SSSR count). The Bertz CT molecular complexity index is 321. The van der Waals surface area contributed by atoms with Gasteiger partial charge in [0.1, 0.15) is 6.29 Å². The van der Waals surface area contributed by atoms with Crippen LogP contribution in [0.4, 0.5) is 13.2 Å². The van der Waals surface area contributed by atoms with E-state index < -0.39 is 17.5 Å². The van der Waals surface area contributed by atoms with Crippen LogP contribution in [0.5, 0.6) is 0 Å². The molecular formula is C9H6F3NO. The summed E-state index contributed by atoms with van der Waals surface area (Å²) in [5.41, 5.74) is -2.58. The summed E-state index contributed by atoms with van der Waals surface area (Å²) in [7, 11) is 0. The molecule has 1 aliphatic rings. The fraction of sp³-hybridized carbons (Fsp3) is 0.333. The van der Waals surface area contributed by atoms with Crippen LogP contribution in [0.25, 0.3) is 0 Å². The highest BCUT2D eigenvalue weighted by atomic mass is 19.4. The molecule has 0 aromatic carbocycles. The molecule has 0 saturated carbocycles. The van der Waals surface area contributed by atoms with Crippen molar-refractivity contribution < 1.29 is 18.0 Å². The van der Waals surface area contributed by atoms with Crippen molar-refractivity contribution in [2.24, 2.45) is 11.3 Å². The maximum Gasteiger partial charge on any atom is 0.414 e. The van der Waals surface area contributed by atoms with Crippen LogP contribution >= 0.6 is 0 Å². The molecular weight excluding hydrogens is 195 g/mol. The van der Waals surface area contributed by atoms with E-state index in [0.717, 1.165) is 12.2 Å². The summed E-state index contributed by atoms with van der Waals surface area (Å²) in [5.74, 6) is -0.668. The Balaban J connectivity index is 3.05. The fourth-order valence-electron chi connectivity index (χ4n) is 1.06. The van der Waals surface area contributed by atoms with Gasteiger partial charge in [0.2, 0.25) is 0 Å². The lowest BCUT2D eigenvalue weighted by molar-refractivity contribution is -0.171. The minimum absolute atomic E-state index is 0.505. The summed E-state index contributed by atoms with van der Waals surface area (Å²) < 4.78 is 37.2. The lowest BCUT2D eigenvalue weighted by Gasteiger charge is -2.25. The van der Waals surface area contributed by atoms with Crippen molar-refractivity contribution in [2.45, 2.75) is 6.18 Å². The molecule has 0 fully saturated rings. The van der Waals surface area contributed by atoms with E-state index in [1.54, 1.807) is 0 Å². The average Bonchev–Trinajstić information content (AvgIpc) is 2.16. The van der Waals surface area contributed by atoms with Crippen LogP contribution in [-0.2, 0) is 4.79 Å². The van der Waals surface area contributed by atoms with Gasteiger partial charge in [-0.15, -0.1) is 0 Å². The zero-order valence-corrected chi connectivity index (χ0v) is 6.95. The molecule has 1 aliphatic carbocycles. The number of alkyl halides is 3. The molecule has 0 unspecified atom stereocenters. The first-order valence-corrected chi connectivity index (χ1v) is 3.77. The standard InChI is InChI=1S/C9H6F3NO/c10-9(11,12)8(6-13)3-1-7(5-14)2-4-8/h1-5,7H. The molecule has 0 heterocycles. The SMILES string of the molecule is N#CC1(C(F)(F)F)C=CC(C=O)C=C1. The Labute approximate surface area is 78.3 Å². The Kier molecular flexibility index (Phi) is 2.47. The summed E-state index contributed by atoms with van der Waals surface area (Å²) in [6.07, 6.45) is -0.571. The van der Waals surface area contributed by atoms with Gasteiger partial charge in [-0.05, 0) is 0 Å². The number of allylic oxidation sites excluding steroid dienone is 4. The largest absolute Gasteiger partial charge is 0.414 e. The third kappa shape index (κ3) is 1.55. The van der Waals surface area contributed by atoms with Gasteiger partial charge < -0.3 is 4.79 Å². The summed E-state index contributed by atoms with van der Waals surface area (Å²) in [6, 6.07) is 1.19. The van der Waals surface area contributed by atoms with Gasteiger partial charge in [0.15, 0.2) is 5.41 Å². The normalized spacial score (nSPS) is 31.1. The topological polar surface area (TPSA) is 40.9 Å². The van der Waals surface area contributed by atoms with Crippen molar-refractivity contribution in [3.8, 4) is 6.07 Å². The van der Waals surface area contributed by atoms with Crippen molar-refractivity contribution in [3.05, 3.63) is 24.3 Å². The van der Waals surface area contributed by atoms with Crippen molar-refractivity contribution in [1.29, 1.82) is 5.26 Å². The fourth-order valence-corrected chi connectivity index (χ4v) is 1.06. The summed E-state index contributed by atoms with van der Waals surface area (Å²) >= 11 is 0. The quantitative estimate of drug-likeness (QED) is 0.481. The molecule has 0 N–H and O–H groups in total. The minimum Gasteiger partial charge on any atom is -0.302 e. The molecule has 0 atom stereocenters. The number of nitriles is 1. The maximum atomic E-state index is 12.4. The number of hydrogen-bond donors (Lipinski definition) is 0. The monoisotopic (exact) mass is 201 g/mol. The number of nitrogens with zero attached hydrogens (tertiary/aromatic N) is 1. The van der Waals surface area contributed by atoms with Gasteiger partial charge in [0.05, 0.1) is 12.0 Å². The van der Waals surface area contributed by atoms with Crippen LogP contribution in [-0.4, -0.2) is 12.5 Å². The number of carbonyl (C=O) groups excluding carboxylic acids is 1. The van der Waals surface area contributed by atoms with E-state index in [-0.39, 0.29) is 0 Å². The van der Waals surface area contributed by atoms with Crippen LogP contribution in [0.3, 0.4) is 0 Å². The predicted octanol–water partition coefficient (Wildman–Crippen LogP) is 2.00. The molecule has 0 spiro atoms. The van der Waals surface area contributed by atoms with Gasteiger partial charge in [-0.1, -0.05) is 24.3 Å². The number of aldehydes is 1. The molecule has 0 bridgehead atoms. The van der Waals surface area contributed by atoms with Gasteiger partial charge in [-0.25, -0.2) is 0 Å². The smallest absolute Gasteiger partial charge is 0.302 e. The number of carbonyl (C=O) groups is 1. The number of hydrogen-bond acceptors (Lipinski definition) is 2. The van der Waals surface area contributed by atoms with E-state index >= 15 is 0 Å². The number of rotatable bonds is 1. The van der Waals surface area contributed by atoms with E-state index in [4.69, 9.17) is 5.26 Å². The Morgan fingerprint density at radius 2 is 1.86 bits per heavy atom. The summed E-state index contributed by atoms with van der Waals surface area (Å²) in [6.45, 7) is 0.